The highest BCUT2D eigenvalue weighted by atomic mass is 16.4. The average molecular weight is 292 g/mol. The molecule has 0 fully saturated rings. The van der Waals surface area contributed by atoms with Gasteiger partial charge in [-0.3, -0.25) is 9.59 Å². The van der Waals surface area contributed by atoms with Crippen molar-refractivity contribution in [3.63, 3.8) is 0 Å². The first-order chi connectivity index (χ1) is 9.99. The lowest BCUT2D eigenvalue weighted by molar-refractivity contribution is -0.137. The molecule has 21 heavy (non-hydrogen) atoms. The van der Waals surface area contributed by atoms with Gasteiger partial charge in [-0.1, -0.05) is 6.92 Å². The molecule has 1 amide bonds. The number of aliphatic carboxylic acids is 1. The summed E-state index contributed by atoms with van der Waals surface area (Å²) in [5.74, 6) is -1.05. The lowest BCUT2D eigenvalue weighted by Gasteiger charge is -2.23. The first-order valence-electron chi connectivity index (χ1n) is 7.31. The van der Waals surface area contributed by atoms with E-state index in [0.29, 0.717) is 5.56 Å². The zero-order chi connectivity index (χ0) is 15.8. The van der Waals surface area contributed by atoms with Gasteiger partial charge in [-0.15, -0.1) is 0 Å². The molecule has 1 aromatic rings. The van der Waals surface area contributed by atoms with Gasteiger partial charge in [0.05, 0.1) is 6.42 Å². The fraction of sp³-hybridized carbons (Fsp3) is 0.500. The van der Waals surface area contributed by atoms with Crippen LogP contribution in [0.4, 0.5) is 5.69 Å². The van der Waals surface area contributed by atoms with Gasteiger partial charge in [0.25, 0.3) is 5.91 Å². The Morgan fingerprint density at radius 3 is 2.19 bits per heavy atom. The van der Waals surface area contributed by atoms with Gasteiger partial charge >= 0.3 is 5.97 Å². The zero-order valence-corrected chi connectivity index (χ0v) is 13.0. The second-order valence-corrected chi connectivity index (χ2v) is 5.00. The van der Waals surface area contributed by atoms with Crippen molar-refractivity contribution in [2.45, 2.75) is 26.7 Å². The van der Waals surface area contributed by atoms with Gasteiger partial charge in [-0.05, 0) is 37.6 Å². The molecule has 0 aliphatic rings. The lowest BCUT2D eigenvalue weighted by Crippen LogP contribution is -2.29. The molecule has 0 atom stereocenters. The molecule has 0 radical (unpaired) electrons. The third-order valence-electron chi connectivity index (χ3n) is 3.36. The van der Waals surface area contributed by atoms with Crippen LogP contribution < -0.4 is 4.90 Å². The summed E-state index contributed by atoms with van der Waals surface area (Å²) in [7, 11) is 1.62. The summed E-state index contributed by atoms with van der Waals surface area (Å²) in [4.78, 5) is 26.4. The Balaban J connectivity index is 2.72. The van der Waals surface area contributed by atoms with Crippen molar-refractivity contribution < 1.29 is 14.7 Å². The number of benzene rings is 1. The van der Waals surface area contributed by atoms with E-state index >= 15 is 0 Å². The highest BCUT2D eigenvalue weighted by Crippen LogP contribution is 2.16. The molecular formula is C16H24N2O3. The molecule has 5 nitrogen and oxygen atoms in total. The minimum Gasteiger partial charge on any atom is -0.481 e. The molecule has 0 aromatic heterocycles. The molecule has 0 bridgehead atoms. The molecular weight excluding hydrogens is 268 g/mol. The summed E-state index contributed by atoms with van der Waals surface area (Å²) >= 11 is 0. The van der Waals surface area contributed by atoms with Crippen LogP contribution in [0, 0.1) is 0 Å². The van der Waals surface area contributed by atoms with Gasteiger partial charge in [-0.25, -0.2) is 0 Å². The smallest absolute Gasteiger partial charge is 0.305 e. The van der Waals surface area contributed by atoms with E-state index in [1.165, 1.54) is 4.90 Å². The van der Waals surface area contributed by atoms with E-state index in [1.807, 2.05) is 12.1 Å². The second kappa shape index (κ2) is 8.29. The average Bonchev–Trinajstić information content (AvgIpc) is 2.49. The Bertz CT molecular complexity index is 471. The summed E-state index contributed by atoms with van der Waals surface area (Å²) < 4.78 is 0. The topological polar surface area (TPSA) is 60.9 Å². The number of carboxylic acids is 1. The van der Waals surface area contributed by atoms with E-state index < -0.39 is 5.97 Å². The third kappa shape index (κ3) is 5.10. The SMILES string of the molecule is CCCN(CC)c1ccc(C(=O)N(C)CCC(=O)O)cc1. The Morgan fingerprint density at radius 2 is 1.71 bits per heavy atom. The molecule has 1 rings (SSSR count). The molecule has 5 heteroatoms. The van der Waals surface area contributed by atoms with E-state index in [2.05, 4.69) is 18.7 Å². The predicted molar refractivity (Wildman–Crippen MR) is 83.8 cm³/mol. The zero-order valence-electron chi connectivity index (χ0n) is 13.0. The van der Waals surface area contributed by atoms with Gasteiger partial charge in [-0.2, -0.15) is 0 Å². The van der Waals surface area contributed by atoms with Gasteiger partial charge in [0, 0.05) is 37.9 Å². The van der Waals surface area contributed by atoms with Gasteiger partial charge in [0.1, 0.15) is 0 Å². The van der Waals surface area contributed by atoms with Crippen molar-refractivity contribution >= 4 is 17.6 Å². The first kappa shape index (κ1) is 17.0. The summed E-state index contributed by atoms with van der Waals surface area (Å²) in [6, 6.07) is 7.48. The molecule has 116 valence electrons. The van der Waals surface area contributed by atoms with Crippen molar-refractivity contribution in [1.29, 1.82) is 0 Å². The van der Waals surface area contributed by atoms with E-state index in [1.54, 1.807) is 19.2 Å². The quantitative estimate of drug-likeness (QED) is 0.799. The third-order valence-corrected chi connectivity index (χ3v) is 3.36. The van der Waals surface area contributed by atoms with Crippen LogP contribution in [0.5, 0.6) is 0 Å². The van der Waals surface area contributed by atoms with Crippen molar-refractivity contribution in [1.82, 2.24) is 4.90 Å². The standard InChI is InChI=1S/C16H24N2O3/c1-4-11-18(5-2)14-8-6-13(7-9-14)16(21)17(3)12-10-15(19)20/h6-9H,4-5,10-12H2,1-3H3,(H,19,20). The largest absolute Gasteiger partial charge is 0.481 e. The summed E-state index contributed by atoms with van der Waals surface area (Å²) in [6.45, 7) is 6.38. The molecule has 0 unspecified atom stereocenters. The Kier molecular flexibility index (Phi) is 6.72. The molecule has 1 N–H and O–H groups in total. The Labute approximate surface area is 126 Å². The number of nitrogens with zero attached hydrogens (tertiary/aromatic N) is 2. The van der Waals surface area contributed by atoms with E-state index in [-0.39, 0.29) is 18.9 Å². The predicted octanol–water partition coefficient (Wildman–Crippen LogP) is 2.47. The number of hydrogen-bond donors (Lipinski definition) is 1. The van der Waals surface area contributed by atoms with Crippen LogP contribution in [0.25, 0.3) is 0 Å². The fourth-order valence-electron chi connectivity index (χ4n) is 2.14. The van der Waals surface area contributed by atoms with Crippen LogP contribution in [-0.2, 0) is 4.79 Å². The van der Waals surface area contributed by atoms with Crippen LogP contribution in [0.2, 0.25) is 0 Å². The van der Waals surface area contributed by atoms with E-state index in [4.69, 9.17) is 5.11 Å². The minimum atomic E-state index is -0.900. The van der Waals surface area contributed by atoms with Crippen LogP contribution in [0.1, 0.15) is 37.0 Å². The number of hydrogen-bond acceptors (Lipinski definition) is 3. The van der Waals surface area contributed by atoms with Crippen LogP contribution in [-0.4, -0.2) is 48.6 Å². The van der Waals surface area contributed by atoms with Crippen LogP contribution in [0.15, 0.2) is 24.3 Å². The number of carbonyl (C=O) groups is 2. The molecule has 0 saturated carbocycles. The summed E-state index contributed by atoms with van der Waals surface area (Å²) in [6.07, 6.45) is 1.03. The molecule has 1 aromatic carbocycles. The maximum atomic E-state index is 12.2. The molecule has 0 aliphatic carbocycles. The molecule has 0 saturated heterocycles. The Hall–Kier alpha value is -2.04. The fourth-order valence-corrected chi connectivity index (χ4v) is 2.14. The van der Waals surface area contributed by atoms with Crippen molar-refractivity contribution in [2.75, 3.05) is 31.6 Å². The molecule has 0 aliphatic heterocycles. The van der Waals surface area contributed by atoms with Crippen LogP contribution >= 0.6 is 0 Å². The van der Waals surface area contributed by atoms with E-state index in [0.717, 1.165) is 25.2 Å². The monoisotopic (exact) mass is 292 g/mol. The minimum absolute atomic E-state index is 0.0412. The number of amides is 1. The summed E-state index contributed by atoms with van der Waals surface area (Å²) in [5, 5.41) is 8.65. The number of carboxylic acid groups (broad SMARTS) is 1. The van der Waals surface area contributed by atoms with Crippen LogP contribution in [0.3, 0.4) is 0 Å². The highest BCUT2D eigenvalue weighted by Gasteiger charge is 2.13. The molecule has 0 heterocycles. The van der Waals surface area contributed by atoms with Gasteiger partial charge in [0.15, 0.2) is 0 Å². The number of anilines is 1. The second-order valence-electron chi connectivity index (χ2n) is 5.00. The maximum Gasteiger partial charge on any atom is 0.305 e. The molecule has 0 spiro atoms. The van der Waals surface area contributed by atoms with Gasteiger partial charge in [0.2, 0.25) is 0 Å². The number of rotatable bonds is 8. The first-order valence-corrected chi connectivity index (χ1v) is 7.31. The normalized spacial score (nSPS) is 10.2. The van der Waals surface area contributed by atoms with E-state index in [9.17, 15) is 9.59 Å². The summed E-state index contributed by atoms with van der Waals surface area (Å²) in [5.41, 5.74) is 1.68. The number of carbonyl (C=O) groups excluding carboxylic acids is 1. The van der Waals surface area contributed by atoms with Gasteiger partial charge < -0.3 is 14.9 Å². The lowest BCUT2D eigenvalue weighted by atomic mass is 10.1. The Morgan fingerprint density at radius 1 is 1.10 bits per heavy atom. The maximum absolute atomic E-state index is 12.2. The highest BCUT2D eigenvalue weighted by molar-refractivity contribution is 5.94. The van der Waals surface area contributed by atoms with Crippen molar-refractivity contribution in [2.24, 2.45) is 0 Å². The van der Waals surface area contributed by atoms with Crippen molar-refractivity contribution in [3.8, 4) is 0 Å². The van der Waals surface area contributed by atoms with Crippen molar-refractivity contribution in [3.05, 3.63) is 29.8 Å².